The van der Waals surface area contributed by atoms with E-state index >= 15 is 0 Å². The van der Waals surface area contributed by atoms with E-state index in [2.05, 4.69) is 10.4 Å². The Labute approximate surface area is 200 Å². The van der Waals surface area contributed by atoms with Gasteiger partial charge in [-0.15, -0.1) is 0 Å². The molecule has 0 aromatic heterocycles. The SMILES string of the molecule is CCOc1ccc(NC(=O)C2=NN(c3cccc(C)c3)C(=O)CC2)cc1S(=O)(=O)N(CC)CC. The van der Waals surface area contributed by atoms with Gasteiger partial charge in [0.25, 0.3) is 5.91 Å². The van der Waals surface area contributed by atoms with E-state index in [4.69, 9.17) is 4.74 Å². The van der Waals surface area contributed by atoms with Crippen LogP contribution < -0.4 is 15.1 Å². The molecule has 0 bridgehead atoms. The van der Waals surface area contributed by atoms with Crippen molar-refractivity contribution in [1.82, 2.24) is 4.31 Å². The average Bonchev–Trinajstić information content (AvgIpc) is 2.81. The van der Waals surface area contributed by atoms with Crippen LogP contribution in [0.5, 0.6) is 5.75 Å². The fourth-order valence-electron chi connectivity index (χ4n) is 3.65. The van der Waals surface area contributed by atoms with E-state index in [1.807, 2.05) is 25.1 Å². The first-order valence-electron chi connectivity index (χ1n) is 11.3. The van der Waals surface area contributed by atoms with Crippen molar-refractivity contribution < 1.29 is 22.7 Å². The summed E-state index contributed by atoms with van der Waals surface area (Å²) in [4.78, 5) is 25.4. The highest BCUT2D eigenvalue weighted by molar-refractivity contribution is 7.89. The number of rotatable bonds is 9. The Kier molecular flexibility index (Phi) is 8.06. The van der Waals surface area contributed by atoms with E-state index in [0.717, 1.165) is 5.56 Å². The lowest BCUT2D eigenvalue weighted by molar-refractivity contribution is -0.118. The number of carbonyl (C=O) groups is 2. The lowest BCUT2D eigenvalue weighted by Gasteiger charge is -2.23. The molecular formula is C24H30N4O5S. The molecule has 1 heterocycles. The molecule has 1 aliphatic heterocycles. The van der Waals surface area contributed by atoms with Crippen molar-refractivity contribution in [3.05, 3.63) is 48.0 Å². The van der Waals surface area contributed by atoms with Crippen LogP contribution in [-0.4, -0.2) is 49.9 Å². The third kappa shape index (κ3) is 5.45. The quantitative estimate of drug-likeness (QED) is 0.583. The maximum Gasteiger partial charge on any atom is 0.271 e. The fourth-order valence-corrected chi connectivity index (χ4v) is 5.26. The maximum atomic E-state index is 13.2. The molecule has 2 aromatic carbocycles. The second kappa shape index (κ2) is 10.8. The van der Waals surface area contributed by atoms with Gasteiger partial charge in [0.2, 0.25) is 15.9 Å². The summed E-state index contributed by atoms with van der Waals surface area (Å²) < 4.78 is 33.2. The highest BCUT2D eigenvalue weighted by Gasteiger charge is 2.28. The fraction of sp³-hybridized carbons (Fsp3) is 0.375. The summed E-state index contributed by atoms with van der Waals surface area (Å²) in [6.45, 7) is 8.11. The minimum atomic E-state index is -3.82. The number of nitrogens with one attached hydrogen (secondary N) is 1. The van der Waals surface area contributed by atoms with E-state index in [0.29, 0.717) is 31.1 Å². The minimum Gasteiger partial charge on any atom is -0.492 e. The second-order valence-electron chi connectivity index (χ2n) is 7.73. The first-order chi connectivity index (χ1) is 16.2. The van der Waals surface area contributed by atoms with Crippen molar-refractivity contribution in [2.24, 2.45) is 5.10 Å². The van der Waals surface area contributed by atoms with Gasteiger partial charge in [0.05, 0.1) is 12.3 Å². The number of anilines is 2. The molecule has 0 spiro atoms. The van der Waals surface area contributed by atoms with Crippen molar-refractivity contribution in [3.8, 4) is 5.75 Å². The summed E-state index contributed by atoms with van der Waals surface area (Å²) >= 11 is 0. The van der Waals surface area contributed by atoms with Gasteiger partial charge >= 0.3 is 0 Å². The van der Waals surface area contributed by atoms with Gasteiger partial charge in [-0.2, -0.15) is 9.41 Å². The van der Waals surface area contributed by atoms with Gasteiger partial charge < -0.3 is 10.1 Å². The molecule has 182 valence electrons. The number of aryl methyl sites for hydroxylation is 1. The molecule has 0 saturated heterocycles. The van der Waals surface area contributed by atoms with Crippen molar-refractivity contribution in [3.63, 3.8) is 0 Å². The van der Waals surface area contributed by atoms with Gasteiger partial charge in [-0.05, 0) is 49.7 Å². The third-order valence-corrected chi connectivity index (χ3v) is 7.44. The molecule has 0 aliphatic carbocycles. The van der Waals surface area contributed by atoms with Gasteiger partial charge in [0, 0.05) is 31.6 Å². The molecular weight excluding hydrogens is 456 g/mol. The molecule has 10 heteroatoms. The zero-order chi connectivity index (χ0) is 24.9. The number of carbonyl (C=O) groups excluding carboxylic acids is 2. The highest BCUT2D eigenvalue weighted by atomic mass is 32.2. The van der Waals surface area contributed by atoms with Gasteiger partial charge in [0.15, 0.2) is 0 Å². The van der Waals surface area contributed by atoms with Crippen LogP contribution in [0.2, 0.25) is 0 Å². The van der Waals surface area contributed by atoms with Crippen LogP contribution in [0.4, 0.5) is 11.4 Å². The molecule has 1 aliphatic rings. The predicted molar refractivity (Wildman–Crippen MR) is 132 cm³/mol. The molecule has 9 nitrogen and oxygen atoms in total. The largest absolute Gasteiger partial charge is 0.492 e. The summed E-state index contributed by atoms with van der Waals surface area (Å²) in [5.74, 6) is -0.477. The molecule has 34 heavy (non-hydrogen) atoms. The lowest BCUT2D eigenvalue weighted by atomic mass is 10.1. The number of hydrogen-bond donors (Lipinski definition) is 1. The Hall–Kier alpha value is -3.24. The number of amides is 2. The Morgan fingerprint density at radius 1 is 1.12 bits per heavy atom. The van der Waals surface area contributed by atoms with Crippen LogP contribution in [0, 0.1) is 6.92 Å². The van der Waals surface area contributed by atoms with Crippen LogP contribution >= 0.6 is 0 Å². The lowest BCUT2D eigenvalue weighted by Crippen LogP contribution is -2.36. The molecule has 1 N–H and O–H groups in total. The zero-order valence-corrected chi connectivity index (χ0v) is 20.7. The summed E-state index contributed by atoms with van der Waals surface area (Å²) in [5.41, 5.74) is 2.03. The van der Waals surface area contributed by atoms with Crippen molar-refractivity contribution in [2.75, 3.05) is 30.0 Å². The van der Waals surface area contributed by atoms with Gasteiger partial charge in [-0.25, -0.2) is 13.4 Å². The normalized spacial score (nSPS) is 14.2. The number of benzene rings is 2. The Morgan fingerprint density at radius 3 is 2.50 bits per heavy atom. The predicted octanol–water partition coefficient (Wildman–Crippen LogP) is 3.55. The Morgan fingerprint density at radius 2 is 1.85 bits per heavy atom. The van der Waals surface area contributed by atoms with E-state index in [1.165, 1.54) is 21.4 Å². The average molecular weight is 487 g/mol. The van der Waals surface area contributed by atoms with Crippen LogP contribution in [-0.2, 0) is 19.6 Å². The molecule has 0 unspecified atom stereocenters. The topological polar surface area (TPSA) is 108 Å². The van der Waals surface area contributed by atoms with Crippen LogP contribution in [0.15, 0.2) is 52.5 Å². The maximum absolute atomic E-state index is 13.2. The number of nitrogens with zero attached hydrogens (tertiary/aromatic N) is 3. The molecule has 0 saturated carbocycles. The summed E-state index contributed by atoms with van der Waals surface area (Å²) in [6.07, 6.45) is 0.333. The highest BCUT2D eigenvalue weighted by Crippen LogP contribution is 2.30. The Bertz CT molecular complexity index is 1210. The van der Waals surface area contributed by atoms with Crippen molar-refractivity contribution >= 4 is 38.9 Å². The standard InChI is InChI=1S/C24H30N4O5S/c1-5-27(6-2)34(31,32)22-16-18(11-13-21(22)33-7-3)25-24(30)20-12-14-23(29)28(26-20)19-10-8-9-17(4)15-19/h8-11,13,15-16H,5-7,12,14H2,1-4H3,(H,25,30). The second-order valence-corrected chi connectivity index (χ2v) is 9.64. The van der Waals surface area contributed by atoms with Gasteiger partial charge in [-0.3, -0.25) is 9.59 Å². The molecule has 3 rings (SSSR count). The first kappa shape index (κ1) is 25.4. The minimum absolute atomic E-state index is 0.0157. The van der Waals surface area contributed by atoms with Crippen LogP contribution in [0.25, 0.3) is 0 Å². The molecule has 0 atom stereocenters. The van der Waals surface area contributed by atoms with Crippen LogP contribution in [0.3, 0.4) is 0 Å². The van der Waals surface area contributed by atoms with E-state index in [1.54, 1.807) is 32.9 Å². The van der Waals surface area contributed by atoms with Gasteiger partial charge in [-0.1, -0.05) is 26.0 Å². The van der Waals surface area contributed by atoms with E-state index < -0.39 is 15.9 Å². The summed E-state index contributed by atoms with van der Waals surface area (Å²) in [7, 11) is -3.82. The number of hydrazone groups is 1. The van der Waals surface area contributed by atoms with Crippen molar-refractivity contribution in [2.45, 2.75) is 45.4 Å². The molecule has 2 aromatic rings. The molecule has 2 amide bonds. The smallest absolute Gasteiger partial charge is 0.271 e. The number of ether oxygens (including phenoxy) is 1. The van der Waals surface area contributed by atoms with Crippen molar-refractivity contribution in [1.29, 1.82) is 0 Å². The number of sulfonamides is 1. The molecule has 0 radical (unpaired) electrons. The Balaban J connectivity index is 1.91. The third-order valence-electron chi connectivity index (χ3n) is 5.37. The molecule has 0 fully saturated rings. The van der Waals surface area contributed by atoms with E-state index in [-0.39, 0.29) is 35.1 Å². The zero-order valence-electron chi connectivity index (χ0n) is 19.9. The number of hydrogen-bond acceptors (Lipinski definition) is 6. The van der Waals surface area contributed by atoms with Gasteiger partial charge in [0.1, 0.15) is 16.4 Å². The summed E-state index contributed by atoms with van der Waals surface area (Å²) in [5, 5.41) is 8.24. The van der Waals surface area contributed by atoms with Crippen LogP contribution in [0.1, 0.15) is 39.2 Å². The monoisotopic (exact) mass is 486 g/mol. The first-order valence-corrected chi connectivity index (χ1v) is 12.7. The van der Waals surface area contributed by atoms with E-state index in [9.17, 15) is 18.0 Å². The summed E-state index contributed by atoms with van der Waals surface area (Å²) in [6, 6.07) is 11.8.